The number of nitrogens with zero attached hydrogens (tertiary/aromatic N) is 2. The highest BCUT2D eigenvalue weighted by Crippen LogP contribution is 2.16. The number of aryl methyl sites for hydroxylation is 1. The van der Waals surface area contributed by atoms with Crippen LogP contribution in [-0.2, 0) is 13.0 Å². The highest BCUT2D eigenvalue weighted by molar-refractivity contribution is 5.26. The first-order valence-corrected chi connectivity index (χ1v) is 7.10. The maximum absolute atomic E-state index is 13.7. The van der Waals surface area contributed by atoms with Crippen molar-refractivity contribution in [3.8, 4) is 0 Å². The number of benzene rings is 1. The van der Waals surface area contributed by atoms with Gasteiger partial charge in [-0.3, -0.25) is 4.68 Å². The van der Waals surface area contributed by atoms with Gasteiger partial charge in [-0.2, -0.15) is 5.10 Å². The first-order chi connectivity index (χ1) is 9.63. The highest BCUT2D eigenvalue weighted by atomic mass is 19.1. The molecule has 0 spiro atoms. The Bertz CT molecular complexity index is 575. The van der Waals surface area contributed by atoms with Gasteiger partial charge in [0.2, 0.25) is 0 Å². The molecule has 4 heteroatoms. The van der Waals surface area contributed by atoms with Crippen LogP contribution < -0.4 is 5.32 Å². The number of nitrogens with one attached hydrogen (secondary N) is 1. The number of aromatic nitrogens is 2. The van der Waals surface area contributed by atoms with E-state index >= 15 is 0 Å². The van der Waals surface area contributed by atoms with Crippen LogP contribution in [0, 0.1) is 19.7 Å². The van der Waals surface area contributed by atoms with Gasteiger partial charge in [-0.25, -0.2) is 4.39 Å². The van der Waals surface area contributed by atoms with E-state index in [0.717, 1.165) is 30.9 Å². The van der Waals surface area contributed by atoms with E-state index in [4.69, 9.17) is 0 Å². The molecule has 1 N–H and O–H groups in total. The molecule has 0 amide bonds. The van der Waals surface area contributed by atoms with E-state index in [-0.39, 0.29) is 5.82 Å². The van der Waals surface area contributed by atoms with E-state index in [0.29, 0.717) is 12.1 Å². The Morgan fingerprint density at radius 2 is 2.00 bits per heavy atom. The zero-order valence-electron chi connectivity index (χ0n) is 12.4. The van der Waals surface area contributed by atoms with Gasteiger partial charge in [-0.1, -0.05) is 25.1 Å². The predicted molar refractivity (Wildman–Crippen MR) is 79.5 cm³/mol. The van der Waals surface area contributed by atoms with Gasteiger partial charge in [0, 0.05) is 11.3 Å². The largest absolute Gasteiger partial charge is 0.317 e. The van der Waals surface area contributed by atoms with Crippen molar-refractivity contribution in [2.45, 2.75) is 33.7 Å². The number of hydrogen-bond acceptors (Lipinski definition) is 2. The minimum atomic E-state index is -0.172. The van der Waals surface area contributed by atoms with Crippen LogP contribution in [0.3, 0.4) is 0 Å². The summed E-state index contributed by atoms with van der Waals surface area (Å²) in [5.41, 5.74) is 4.11. The Morgan fingerprint density at radius 3 is 2.70 bits per heavy atom. The van der Waals surface area contributed by atoms with E-state index in [1.165, 1.54) is 11.6 Å². The van der Waals surface area contributed by atoms with Gasteiger partial charge in [-0.15, -0.1) is 0 Å². The van der Waals surface area contributed by atoms with Gasteiger partial charge in [0.15, 0.2) is 0 Å². The summed E-state index contributed by atoms with van der Waals surface area (Å²) in [4.78, 5) is 0. The number of rotatable bonds is 6. The highest BCUT2D eigenvalue weighted by Gasteiger charge is 2.12. The van der Waals surface area contributed by atoms with E-state index in [1.54, 1.807) is 6.07 Å². The summed E-state index contributed by atoms with van der Waals surface area (Å²) in [7, 11) is 0. The molecule has 0 saturated heterocycles. The standard InChI is InChI=1S/C16H22FN3/c1-4-18-10-9-15-12(2)19-20(13(15)3)11-14-7-5-6-8-16(14)17/h5-8,18H,4,9-11H2,1-3H3. The first kappa shape index (κ1) is 14.7. The first-order valence-electron chi connectivity index (χ1n) is 7.10. The summed E-state index contributed by atoms with van der Waals surface area (Å²) >= 11 is 0. The van der Waals surface area contributed by atoms with E-state index in [9.17, 15) is 4.39 Å². The van der Waals surface area contributed by atoms with Crippen LogP contribution >= 0.6 is 0 Å². The minimum absolute atomic E-state index is 0.172. The van der Waals surface area contributed by atoms with Crippen molar-refractivity contribution in [3.63, 3.8) is 0 Å². The second-order valence-corrected chi connectivity index (χ2v) is 5.00. The quantitative estimate of drug-likeness (QED) is 0.822. The van der Waals surface area contributed by atoms with Crippen LogP contribution in [0.25, 0.3) is 0 Å². The predicted octanol–water partition coefficient (Wildman–Crippen LogP) is 2.84. The second kappa shape index (κ2) is 6.66. The molecule has 0 bridgehead atoms. The lowest BCUT2D eigenvalue weighted by Gasteiger charge is -2.07. The summed E-state index contributed by atoms with van der Waals surface area (Å²) in [6, 6.07) is 6.87. The minimum Gasteiger partial charge on any atom is -0.317 e. The van der Waals surface area contributed by atoms with Crippen LogP contribution in [0.4, 0.5) is 4.39 Å². The Morgan fingerprint density at radius 1 is 1.25 bits per heavy atom. The van der Waals surface area contributed by atoms with Gasteiger partial charge in [0.05, 0.1) is 12.2 Å². The van der Waals surface area contributed by atoms with Gasteiger partial charge < -0.3 is 5.32 Å². The lowest BCUT2D eigenvalue weighted by atomic mass is 10.1. The third-order valence-corrected chi connectivity index (χ3v) is 3.61. The molecule has 108 valence electrons. The van der Waals surface area contributed by atoms with Crippen molar-refractivity contribution < 1.29 is 4.39 Å². The van der Waals surface area contributed by atoms with Crippen molar-refractivity contribution >= 4 is 0 Å². The summed E-state index contributed by atoms with van der Waals surface area (Å²) < 4.78 is 15.6. The second-order valence-electron chi connectivity index (χ2n) is 5.00. The van der Waals surface area contributed by atoms with E-state index in [2.05, 4.69) is 24.3 Å². The molecular weight excluding hydrogens is 253 g/mol. The zero-order chi connectivity index (χ0) is 14.5. The van der Waals surface area contributed by atoms with Gasteiger partial charge in [0.25, 0.3) is 0 Å². The number of hydrogen-bond donors (Lipinski definition) is 1. The third kappa shape index (κ3) is 3.25. The molecule has 2 aromatic rings. The molecule has 3 nitrogen and oxygen atoms in total. The molecule has 0 unspecified atom stereocenters. The summed E-state index contributed by atoms with van der Waals surface area (Å²) in [5.74, 6) is -0.172. The van der Waals surface area contributed by atoms with Crippen molar-refractivity contribution in [2.24, 2.45) is 0 Å². The maximum Gasteiger partial charge on any atom is 0.128 e. The molecule has 0 aliphatic rings. The molecular formula is C16H22FN3. The molecule has 1 heterocycles. The van der Waals surface area contributed by atoms with Crippen LogP contribution in [0.5, 0.6) is 0 Å². The topological polar surface area (TPSA) is 29.9 Å². The molecule has 1 aromatic heterocycles. The molecule has 0 fully saturated rings. The average Bonchev–Trinajstić information content (AvgIpc) is 2.69. The SMILES string of the molecule is CCNCCc1c(C)nn(Cc2ccccc2F)c1C. The van der Waals surface area contributed by atoms with Gasteiger partial charge >= 0.3 is 0 Å². The summed E-state index contributed by atoms with van der Waals surface area (Å²) in [6.45, 7) is 8.58. The van der Waals surface area contributed by atoms with Gasteiger partial charge in [0.1, 0.15) is 5.82 Å². The fourth-order valence-electron chi connectivity index (χ4n) is 2.43. The number of halogens is 1. The molecule has 0 saturated carbocycles. The normalized spacial score (nSPS) is 11.0. The maximum atomic E-state index is 13.7. The van der Waals surface area contributed by atoms with E-state index < -0.39 is 0 Å². The molecule has 2 rings (SSSR count). The van der Waals surface area contributed by atoms with Crippen molar-refractivity contribution in [1.82, 2.24) is 15.1 Å². The Labute approximate surface area is 119 Å². The van der Waals surface area contributed by atoms with Crippen LogP contribution in [-0.4, -0.2) is 22.9 Å². The lowest BCUT2D eigenvalue weighted by Crippen LogP contribution is -2.16. The van der Waals surface area contributed by atoms with E-state index in [1.807, 2.05) is 23.7 Å². The molecule has 1 aromatic carbocycles. The van der Waals surface area contributed by atoms with Crippen LogP contribution in [0.2, 0.25) is 0 Å². The smallest absolute Gasteiger partial charge is 0.128 e. The summed E-state index contributed by atoms with van der Waals surface area (Å²) in [6.07, 6.45) is 0.961. The Hall–Kier alpha value is -1.68. The van der Waals surface area contributed by atoms with Crippen molar-refractivity contribution in [1.29, 1.82) is 0 Å². The molecule has 0 aliphatic carbocycles. The molecule has 20 heavy (non-hydrogen) atoms. The Kier molecular flexibility index (Phi) is 4.90. The summed E-state index contributed by atoms with van der Waals surface area (Å²) in [5, 5.41) is 7.87. The fraction of sp³-hybridized carbons (Fsp3) is 0.438. The lowest BCUT2D eigenvalue weighted by molar-refractivity contribution is 0.578. The van der Waals surface area contributed by atoms with Crippen molar-refractivity contribution in [2.75, 3.05) is 13.1 Å². The van der Waals surface area contributed by atoms with Crippen molar-refractivity contribution in [3.05, 3.63) is 52.6 Å². The average molecular weight is 275 g/mol. The Balaban J connectivity index is 2.17. The zero-order valence-corrected chi connectivity index (χ0v) is 12.4. The van der Waals surface area contributed by atoms with Gasteiger partial charge in [-0.05, 0) is 45.0 Å². The molecule has 0 radical (unpaired) electrons. The fourth-order valence-corrected chi connectivity index (χ4v) is 2.43. The monoisotopic (exact) mass is 275 g/mol. The molecule has 0 aliphatic heterocycles. The van der Waals surface area contributed by atoms with Crippen LogP contribution in [0.15, 0.2) is 24.3 Å². The van der Waals surface area contributed by atoms with Crippen LogP contribution in [0.1, 0.15) is 29.4 Å². The molecule has 0 atom stereocenters. The third-order valence-electron chi connectivity index (χ3n) is 3.61. The number of likely N-dealkylation sites (N-methyl/N-ethyl adjacent to an activating group) is 1.